The van der Waals surface area contributed by atoms with Crippen LogP contribution in [0.2, 0.25) is 10.0 Å². The molecule has 2 aromatic heterocycles. The van der Waals surface area contributed by atoms with Gasteiger partial charge in [-0.15, -0.1) is 10.2 Å². The van der Waals surface area contributed by atoms with E-state index >= 15 is 0 Å². The molecule has 1 amide bonds. The van der Waals surface area contributed by atoms with Gasteiger partial charge in [-0.2, -0.15) is 9.61 Å². The Labute approximate surface area is 158 Å². The Bertz CT molecular complexity index is 1110. The van der Waals surface area contributed by atoms with Crippen LogP contribution in [0, 0.1) is 0 Å². The van der Waals surface area contributed by atoms with Crippen molar-refractivity contribution >= 4 is 40.4 Å². The quantitative estimate of drug-likeness (QED) is 0.570. The van der Waals surface area contributed by atoms with Crippen LogP contribution in [0.4, 0.5) is 5.69 Å². The molecule has 4 rings (SSSR count). The summed E-state index contributed by atoms with van der Waals surface area (Å²) in [5.74, 6) is -0.302. The lowest BCUT2D eigenvalue weighted by Gasteiger charge is -2.08. The minimum Gasteiger partial charge on any atom is -0.322 e. The molecule has 0 spiro atoms. The van der Waals surface area contributed by atoms with Gasteiger partial charge in [0.2, 0.25) is 0 Å². The number of nitrogens with zero attached hydrogens (tertiary/aromatic N) is 4. The van der Waals surface area contributed by atoms with Crippen LogP contribution in [0.5, 0.6) is 0 Å². The summed E-state index contributed by atoms with van der Waals surface area (Å²) in [6, 6.07) is 15.8. The normalized spacial score (nSPS) is 10.8. The lowest BCUT2D eigenvalue weighted by atomic mass is 10.1. The van der Waals surface area contributed by atoms with Crippen molar-refractivity contribution < 1.29 is 4.79 Å². The lowest BCUT2D eigenvalue weighted by Crippen LogP contribution is -2.12. The molecule has 8 heteroatoms. The highest BCUT2D eigenvalue weighted by atomic mass is 35.5. The van der Waals surface area contributed by atoms with E-state index in [9.17, 15) is 4.79 Å². The topological polar surface area (TPSA) is 72.2 Å². The predicted octanol–water partition coefficient (Wildman–Crippen LogP) is 4.35. The van der Waals surface area contributed by atoms with Gasteiger partial charge < -0.3 is 5.32 Å². The van der Waals surface area contributed by atoms with Crippen molar-refractivity contribution in [2.24, 2.45) is 0 Å². The first-order valence-corrected chi connectivity index (χ1v) is 8.40. The first kappa shape index (κ1) is 16.5. The minimum absolute atomic E-state index is 0.302. The maximum Gasteiger partial charge on any atom is 0.257 e. The number of hydrogen-bond donors (Lipinski definition) is 1. The number of fused-ring (bicyclic) bond motifs is 1. The summed E-state index contributed by atoms with van der Waals surface area (Å²) in [5, 5.41) is 15.8. The number of halogens is 2. The molecule has 0 unspecified atom stereocenters. The van der Waals surface area contributed by atoms with Crippen LogP contribution in [0.1, 0.15) is 10.4 Å². The first-order valence-electron chi connectivity index (χ1n) is 7.64. The molecule has 1 N–H and O–H groups in total. The lowest BCUT2D eigenvalue weighted by molar-refractivity contribution is 0.102. The Kier molecular flexibility index (Phi) is 4.28. The van der Waals surface area contributed by atoms with Gasteiger partial charge >= 0.3 is 0 Å². The smallest absolute Gasteiger partial charge is 0.257 e. The minimum atomic E-state index is -0.302. The van der Waals surface area contributed by atoms with Gasteiger partial charge in [0, 0.05) is 16.3 Å². The van der Waals surface area contributed by atoms with Crippen molar-refractivity contribution in [1.29, 1.82) is 0 Å². The largest absolute Gasteiger partial charge is 0.322 e. The molecule has 0 saturated heterocycles. The average Bonchev–Trinajstić information content (AvgIpc) is 3.10. The number of nitrogens with one attached hydrogen (secondary N) is 1. The Hall–Kier alpha value is -2.96. The predicted molar refractivity (Wildman–Crippen MR) is 101 cm³/mol. The van der Waals surface area contributed by atoms with Crippen molar-refractivity contribution in [3.05, 3.63) is 76.5 Å². The van der Waals surface area contributed by atoms with Crippen molar-refractivity contribution in [2.45, 2.75) is 0 Å². The zero-order valence-corrected chi connectivity index (χ0v) is 14.7. The van der Waals surface area contributed by atoms with Crippen molar-refractivity contribution in [2.75, 3.05) is 5.32 Å². The molecule has 2 heterocycles. The number of carbonyl (C=O) groups is 1. The molecule has 0 aliphatic carbocycles. The molecule has 0 atom stereocenters. The molecule has 26 heavy (non-hydrogen) atoms. The van der Waals surface area contributed by atoms with Crippen LogP contribution in [0.15, 0.2) is 60.9 Å². The number of aromatic nitrogens is 4. The number of benzene rings is 2. The van der Waals surface area contributed by atoms with Crippen molar-refractivity contribution in [3.8, 4) is 11.3 Å². The maximum absolute atomic E-state index is 12.3. The average molecular weight is 384 g/mol. The van der Waals surface area contributed by atoms with Gasteiger partial charge in [0.25, 0.3) is 5.91 Å². The van der Waals surface area contributed by atoms with Crippen LogP contribution in [0.3, 0.4) is 0 Å². The highest BCUT2D eigenvalue weighted by molar-refractivity contribution is 6.37. The molecular weight excluding hydrogens is 373 g/mol. The van der Waals surface area contributed by atoms with E-state index < -0.39 is 0 Å². The second-order valence-electron chi connectivity index (χ2n) is 5.51. The number of rotatable bonds is 3. The zero-order chi connectivity index (χ0) is 18.1. The van der Waals surface area contributed by atoms with Gasteiger partial charge in [-0.05, 0) is 42.5 Å². The summed E-state index contributed by atoms with van der Waals surface area (Å²) in [6.45, 7) is 0. The van der Waals surface area contributed by atoms with Gasteiger partial charge in [-0.25, -0.2) is 0 Å². The van der Waals surface area contributed by atoms with Crippen LogP contribution in [-0.2, 0) is 0 Å². The number of hydrogen-bond acceptors (Lipinski definition) is 4. The Morgan fingerprint density at radius 2 is 1.81 bits per heavy atom. The van der Waals surface area contributed by atoms with Gasteiger partial charge in [-0.3, -0.25) is 4.79 Å². The first-order chi connectivity index (χ1) is 12.6. The molecule has 0 radical (unpaired) electrons. The summed E-state index contributed by atoms with van der Waals surface area (Å²) in [5.41, 5.74) is 3.37. The Morgan fingerprint density at radius 1 is 1.00 bits per heavy atom. The van der Waals surface area contributed by atoms with Gasteiger partial charge in [0.15, 0.2) is 5.65 Å². The summed E-state index contributed by atoms with van der Waals surface area (Å²) in [6.07, 6.45) is 1.54. The third-order valence-electron chi connectivity index (χ3n) is 3.78. The van der Waals surface area contributed by atoms with Crippen LogP contribution < -0.4 is 5.32 Å². The Morgan fingerprint density at radius 3 is 2.58 bits per heavy atom. The standard InChI is InChI=1S/C18H11Cl2N5O/c19-12-3-6-14(15(20)9-12)18(26)22-13-4-1-11(2-5-13)16-7-8-17-23-21-10-25(17)24-16/h1-10H,(H,22,26). The third-order valence-corrected chi connectivity index (χ3v) is 4.32. The molecule has 4 aromatic rings. The molecular formula is C18H11Cl2N5O. The Balaban J connectivity index is 1.54. The number of amides is 1. The highest BCUT2D eigenvalue weighted by Gasteiger charge is 2.11. The molecule has 2 aromatic carbocycles. The number of carbonyl (C=O) groups excluding carboxylic acids is 1. The van der Waals surface area contributed by atoms with E-state index in [-0.39, 0.29) is 5.91 Å². The monoisotopic (exact) mass is 383 g/mol. The molecule has 0 aliphatic rings. The number of anilines is 1. The van der Waals surface area contributed by atoms with E-state index in [0.717, 1.165) is 11.3 Å². The van der Waals surface area contributed by atoms with Crippen LogP contribution >= 0.6 is 23.2 Å². The van der Waals surface area contributed by atoms with Crippen molar-refractivity contribution in [3.63, 3.8) is 0 Å². The van der Waals surface area contributed by atoms with E-state index in [1.165, 1.54) is 6.07 Å². The highest BCUT2D eigenvalue weighted by Crippen LogP contribution is 2.23. The SMILES string of the molecule is O=C(Nc1ccc(-c2ccc3nncn3n2)cc1)c1ccc(Cl)cc1Cl. The van der Waals surface area contributed by atoms with E-state index in [1.54, 1.807) is 35.1 Å². The fourth-order valence-electron chi connectivity index (χ4n) is 2.48. The summed E-state index contributed by atoms with van der Waals surface area (Å²) >= 11 is 11.9. The molecule has 128 valence electrons. The fraction of sp³-hybridized carbons (Fsp3) is 0. The summed E-state index contributed by atoms with van der Waals surface area (Å²) in [7, 11) is 0. The molecule has 0 saturated carbocycles. The van der Waals surface area contributed by atoms with E-state index in [0.29, 0.717) is 26.9 Å². The summed E-state index contributed by atoms with van der Waals surface area (Å²) < 4.78 is 1.60. The molecule has 0 bridgehead atoms. The van der Waals surface area contributed by atoms with Crippen LogP contribution in [-0.4, -0.2) is 25.7 Å². The van der Waals surface area contributed by atoms with Crippen LogP contribution in [0.25, 0.3) is 16.9 Å². The van der Waals surface area contributed by atoms with E-state index in [4.69, 9.17) is 23.2 Å². The third kappa shape index (κ3) is 3.24. The zero-order valence-electron chi connectivity index (χ0n) is 13.2. The molecule has 0 fully saturated rings. The van der Waals surface area contributed by atoms with Gasteiger partial charge in [0.1, 0.15) is 6.33 Å². The molecule has 6 nitrogen and oxygen atoms in total. The fourth-order valence-corrected chi connectivity index (χ4v) is 2.97. The van der Waals surface area contributed by atoms with E-state index in [2.05, 4.69) is 20.6 Å². The molecule has 0 aliphatic heterocycles. The van der Waals surface area contributed by atoms with Gasteiger partial charge in [-0.1, -0.05) is 35.3 Å². The second-order valence-corrected chi connectivity index (χ2v) is 6.35. The summed E-state index contributed by atoms with van der Waals surface area (Å²) in [4.78, 5) is 12.3. The maximum atomic E-state index is 12.3. The van der Waals surface area contributed by atoms with Gasteiger partial charge in [0.05, 0.1) is 16.3 Å². The van der Waals surface area contributed by atoms with E-state index in [1.807, 2.05) is 24.3 Å². The second kappa shape index (κ2) is 6.74. The van der Waals surface area contributed by atoms with Crippen molar-refractivity contribution in [1.82, 2.24) is 19.8 Å².